The Morgan fingerprint density at radius 1 is 1.42 bits per heavy atom. The standard InChI is InChI=1S/C13H15BrO5/c1-7(13(16)17)4-9-10(14)5-8(6-15)11(18-2)12(9)19-3/h5-7H,4H2,1-3H3,(H,16,17). The van der Waals surface area contributed by atoms with Crippen LogP contribution in [-0.2, 0) is 11.2 Å². The Labute approximate surface area is 119 Å². The van der Waals surface area contributed by atoms with E-state index >= 15 is 0 Å². The molecule has 0 aliphatic rings. The number of carbonyl (C=O) groups excluding carboxylic acids is 1. The second-order valence-corrected chi connectivity index (χ2v) is 4.91. The Balaban J connectivity index is 3.38. The Kier molecular flexibility index (Phi) is 5.35. The third-order valence-electron chi connectivity index (χ3n) is 2.78. The number of hydrogen-bond donors (Lipinski definition) is 1. The van der Waals surface area contributed by atoms with Crippen LogP contribution >= 0.6 is 15.9 Å². The Morgan fingerprint density at radius 3 is 2.42 bits per heavy atom. The summed E-state index contributed by atoms with van der Waals surface area (Å²) < 4.78 is 11.1. The number of aldehydes is 1. The van der Waals surface area contributed by atoms with E-state index in [4.69, 9.17) is 14.6 Å². The number of hydrogen-bond acceptors (Lipinski definition) is 4. The van der Waals surface area contributed by atoms with Crippen molar-refractivity contribution in [3.63, 3.8) is 0 Å². The smallest absolute Gasteiger partial charge is 0.306 e. The summed E-state index contributed by atoms with van der Waals surface area (Å²) in [6.07, 6.45) is 0.936. The Morgan fingerprint density at radius 2 is 2.00 bits per heavy atom. The second kappa shape index (κ2) is 6.56. The summed E-state index contributed by atoms with van der Waals surface area (Å²) >= 11 is 3.33. The summed E-state index contributed by atoms with van der Waals surface area (Å²) in [5.41, 5.74) is 1.01. The van der Waals surface area contributed by atoms with E-state index in [9.17, 15) is 9.59 Å². The lowest BCUT2D eigenvalue weighted by molar-refractivity contribution is -0.141. The molecular weight excluding hydrogens is 316 g/mol. The van der Waals surface area contributed by atoms with E-state index in [-0.39, 0.29) is 6.42 Å². The summed E-state index contributed by atoms with van der Waals surface area (Å²) in [5, 5.41) is 8.98. The lowest BCUT2D eigenvalue weighted by atomic mass is 9.98. The predicted octanol–water partition coefficient (Wildman–Crippen LogP) is 2.54. The average Bonchev–Trinajstić information content (AvgIpc) is 2.39. The molecule has 1 N–H and O–H groups in total. The van der Waals surface area contributed by atoms with Crippen LogP contribution in [0.3, 0.4) is 0 Å². The van der Waals surface area contributed by atoms with Gasteiger partial charge in [0.25, 0.3) is 0 Å². The fourth-order valence-electron chi connectivity index (χ4n) is 1.76. The molecule has 1 aromatic carbocycles. The third kappa shape index (κ3) is 3.26. The zero-order chi connectivity index (χ0) is 14.6. The van der Waals surface area contributed by atoms with E-state index in [0.717, 1.165) is 0 Å². The molecule has 0 saturated heterocycles. The highest BCUT2D eigenvalue weighted by Gasteiger charge is 2.22. The van der Waals surface area contributed by atoms with Gasteiger partial charge in [0.15, 0.2) is 17.8 Å². The maximum absolute atomic E-state index is 11.0. The number of halogens is 1. The molecule has 0 aliphatic carbocycles. The molecule has 0 saturated carbocycles. The highest BCUT2D eigenvalue weighted by Crippen LogP contribution is 2.40. The maximum atomic E-state index is 11.0. The molecule has 0 aromatic heterocycles. The van der Waals surface area contributed by atoms with E-state index in [2.05, 4.69) is 15.9 Å². The first-order chi connectivity index (χ1) is 8.96. The Hall–Kier alpha value is -1.56. The van der Waals surface area contributed by atoms with E-state index in [1.807, 2.05) is 0 Å². The zero-order valence-corrected chi connectivity index (χ0v) is 12.5. The minimum absolute atomic E-state index is 0.272. The molecule has 0 spiro atoms. The largest absolute Gasteiger partial charge is 0.493 e. The van der Waals surface area contributed by atoms with Crippen molar-refractivity contribution in [1.29, 1.82) is 0 Å². The fourth-order valence-corrected chi connectivity index (χ4v) is 2.35. The van der Waals surface area contributed by atoms with Crippen LogP contribution in [-0.4, -0.2) is 31.6 Å². The van der Waals surface area contributed by atoms with Gasteiger partial charge in [-0.05, 0) is 12.5 Å². The van der Waals surface area contributed by atoms with Crippen molar-refractivity contribution in [1.82, 2.24) is 0 Å². The number of carboxylic acids is 1. The van der Waals surface area contributed by atoms with Crippen LogP contribution in [0.4, 0.5) is 0 Å². The number of carbonyl (C=O) groups is 2. The normalized spacial score (nSPS) is 11.8. The summed E-state index contributed by atoms with van der Waals surface area (Å²) in [6.45, 7) is 1.61. The SMILES string of the molecule is COc1c(C=O)cc(Br)c(CC(C)C(=O)O)c1OC. The highest BCUT2D eigenvalue weighted by atomic mass is 79.9. The molecule has 0 aliphatic heterocycles. The molecule has 1 unspecified atom stereocenters. The Bertz CT molecular complexity index is 498. The molecule has 1 aromatic rings. The van der Waals surface area contributed by atoms with Gasteiger partial charge in [0.1, 0.15) is 0 Å². The van der Waals surface area contributed by atoms with E-state index in [1.165, 1.54) is 14.2 Å². The van der Waals surface area contributed by atoms with Gasteiger partial charge in [-0.15, -0.1) is 0 Å². The van der Waals surface area contributed by atoms with Gasteiger partial charge >= 0.3 is 5.97 Å². The zero-order valence-electron chi connectivity index (χ0n) is 10.9. The molecule has 1 atom stereocenters. The maximum Gasteiger partial charge on any atom is 0.306 e. The molecule has 104 valence electrons. The van der Waals surface area contributed by atoms with Gasteiger partial charge in [-0.25, -0.2) is 0 Å². The summed E-state index contributed by atoms with van der Waals surface area (Å²) in [4.78, 5) is 21.9. The number of aliphatic carboxylic acids is 1. The molecule has 1 rings (SSSR count). The predicted molar refractivity (Wildman–Crippen MR) is 73.1 cm³/mol. The topological polar surface area (TPSA) is 72.8 Å². The fraction of sp³-hybridized carbons (Fsp3) is 0.385. The minimum atomic E-state index is -0.896. The first kappa shape index (κ1) is 15.5. The third-order valence-corrected chi connectivity index (χ3v) is 3.49. The number of benzene rings is 1. The van der Waals surface area contributed by atoms with Gasteiger partial charge in [-0.3, -0.25) is 9.59 Å². The van der Waals surface area contributed by atoms with E-state index in [1.54, 1.807) is 13.0 Å². The van der Waals surface area contributed by atoms with Crippen molar-refractivity contribution >= 4 is 28.2 Å². The molecule has 0 radical (unpaired) electrons. The molecule has 0 bridgehead atoms. The number of carboxylic acid groups (broad SMARTS) is 1. The quantitative estimate of drug-likeness (QED) is 0.811. The van der Waals surface area contributed by atoms with Gasteiger partial charge in [0.2, 0.25) is 0 Å². The van der Waals surface area contributed by atoms with E-state index < -0.39 is 11.9 Å². The summed E-state index contributed by atoms with van der Waals surface area (Å²) in [5.74, 6) is -0.773. The van der Waals surface area contributed by atoms with Gasteiger partial charge in [0.05, 0.1) is 25.7 Å². The van der Waals surface area contributed by atoms with Gasteiger partial charge in [0, 0.05) is 10.0 Å². The van der Waals surface area contributed by atoms with Gasteiger partial charge in [-0.2, -0.15) is 0 Å². The van der Waals surface area contributed by atoms with Crippen molar-refractivity contribution in [3.05, 3.63) is 21.7 Å². The van der Waals surface area contributed by atoms with Gasteiger partial charge in [-0.1, -0.05) is 22.9 Å². The van der Waals surface area contributed by atoms with Gasteiger partial charge < -0.3 is 14.6 Å². The number of ether oxygens (including phenoxy) is 2. The van der Waals surface area contributed by atoms with E-state index in [0.29, 0.717) is 33.4 Å². The van der Waals surface area contributed by atoms with Crippen molar-refractivity contribution in [3.8, 4) is 11.5 Å². The minimum Gasteiger partial charge on any atom is -0.493 e. The van der Waals surface area contributed by atoms with Crippen LogP contribution in [0.5, 0.6) is 11.5 Å². The number of methoxy groups -OCH3 is 2. The monoisotopic (exact) mass is 330 g/mol. The average molecular weight is 331 g/mol. The van der Waals surface area contributed by atoms with Crippen LogP contribution in [0.2, 0.25) is 0 Å². The molecule has 19 heavy (non-hydrogen) atoms. The van der Waals surface area contributed by atoms with Crippen LogP contribution in [0.1, 0.15) is 22.8 Å². The summed E-state index contributed by atoms with van der Waals surface area (Å²) in [7, 11) is 2.89. The molecule has 0 fully saturated rings. The first-order valence-electron chi connectivity index (χ1n) is 5.57. The second-order valence-electron chi connectivity index (χ2n) is 4.05. The molecule has 0 heterocycles. The van der Waals surface area contributed by atoms with Crippen LogP contribution in [0.15, 0.2) is 10.5 Å². The van der Waals surface area contributed by atoms with Crippen molar-refractivity contribution in [2.24, 2.45) is 5.92 Å². The number of rotatable bonds is 6. The van der Waals surface area contributed by atoms with Crippen molar-refractivity contribution < 1.29 is 24.2 Å². The van der Waals surface area contributed by atoms with Crippen LogP contribution in [0, 0.1) is 5.92 Å². The van der Waals surface area contributed by atoms with Crippen LogP contribution in [0.25, 0.3) is 0 Å². The molecule has 0 amide bonds. The molecule has 5 nitrogen and oxygen atoms in total. The lowest BCUT2D eigenvalue weighted by Gasteiger charge is -2.17. The molecule has 6 heteroatoms. The van der Waals surface area contributed by atoms with Crippen LogP contribution < -0.4 is 9.47 Å². The first-order valence-corrected chi connectivity index (χ1v) is 6.36. The summed E-state index contributed by atoms with van der Waals surface area (Å²) in [6, 6.07) is 1.60. The van der Waals surface area contributed by atoms with Crippen molar-refractivity contribution in [2.45, 2.75) is 13.3 Å². The molecular formula is C13H15BrO5. The lowest BCUT2D eigenvalue weighted by Crippen LogP contribution is -2.14. The highest BCUT2D eigenvalue weighted by molar-refractivity contribution is 9.10. The van der Waals surface area contributed by atoms with Crippen molar-refractivity contribution in [2.75, 3.05) is 14.2 Å².